The second-order valence-electron chi connectivity index (χ2n) is 12.7. The van der Waals surface area contributed by atoms with Gasteiger partial charge in [0.15, 0.2) is 0 Å². The summed E-state index contributed by atoms with van der Waals surface area (Å²) in [6, 6.07) is 23.7. The van der Waals surface area contributed by atoms with Crippen molar-refractivity contribution in [3.05, 3.63) is 135 Å². The van der Waals surface area contributed by atoms with Gasteiger partial charge in [0.1, 0.15) is 11.5 Å². The van der Waals surface area contributed by atoms with Crippen LogP contribution in [0.3, 0.4) is 0 Å². The maximum atomic E-state index is 5.80. The van der Waals surface area contributed by atoms with Crippen molar-refractivity contribution in [3.8, 4) is 11.5 Å². The minimum absolute atomic E-state index is 0.318. The molecule has 0 aliphatic heterocycles. The van der Waals surface area contributed by atoms with E-state index >= 15 is 0 Å². The molecule has 1 radical (unpaired) electrons. The topological polar surface area (TPSA) is 18.5 Å². The minimum Gasteiger partial charge on any atom is -0.496 e. The van der Waals surface area contributed by atoms with Gasteiger partial charge in [-0.15, -0.1) is 0 Å². The predicted octanol–water partition coefficient (Wildman–Crippen LogP) is 9.15. The van der Waals surface area contributed by atoms with Crippen molar-refractivity contribution in [2.75, 3.05) is 14.2 Å². The molecule has 0 bridgehead atoms. The third-order valence-corrected chi connectivity index (χ3v) is 13.8. The van der Waals surface area contributed by atoms with Crippen LogP contribution in [-0.4, -0.2) is 19.9 Å². The van der Waals surface area contributed by atoms with E-state index in [9.17, 15) is 0 Å². The molecule has 0 N–H and O–H groups in total. The molecule has 0 aromatic heterocycles. The average Bonchev–Trinajstić information content (AvgIpc) is 3.41. The Kier molecular flexibility index (Phi) is 10.1. The van der Waals surface area contributed by atoms with Gasteiger partial charge in [0.2, 0.25) is 0 Å². The summed E-state index contributed by atoms with van der Waals surface area (Å²) < 4.78 is 11.6. The van der Waals surface area contributed by atoms with Gasteiger partial charge in [-0.3, -0.25) is 0 Å². The molecule has 1 aliphatic rings. The zero-order valence-corrected chi connectivity index (χ0v) is 30.6. The molecule has 0 saturated carbocycles. The second-order valence-corrected chi connectivity index (χ2v) is 17.4. The van der Waals surface area contributed by atoms with Gasteiger partial charge in [0.05, 0.1) is 14.2 Å². The summed E-state index contributed by atoms with van der Waals surface area (Å²) in [5.74, 6) is 3.39. The molecular weight excluding hydrogens is 586 g/mol. The summed E-state index contributed by atoms with van der Waals surface area (Å²) in [6.07, 6.45) is 7.06. The second kappa shape index (κ2) is 13.7. The quantitative estimate of drug-likeness (QED) is 0.171. The standard InChI is InChI=1S/C41H47O2P2/c1-25-15-26(2)18-34(17-25)44(35-19-27(3)16-28(4)20-35)33(9)38-13-12-14-39(38)45(36-21-29(5)40(42-10)30(6)22-36)37-23-31(7)41(43-11)32(8)24-37/h12-24,33H,1-11H3. The summed E-state index contributed by atoms with van der Waals surface area (Å²) in [7, 11) is 2.02. The molecule has 45 heavy (non-hydrogen) atoms. The Balaban J connectivity index is 1.69. The fourth-order valence-electron chi connectivity index (χ4n) is 7.08. The minimum atomic E-state index is -0.850. The van der Waals surface area contributed by atoms with Crippen molar-refractivity contribution >= 4 is 37.1 Å². The first kappa shape index (κ1) is 33.2. The van der Waals surface area contributed by atoms with Crippen molar-refractivity contribution in [1.82, 2.24) is 0 Å². The van der Waals surface area contributed by atoms with Gasteiger partial charge >= 0.3 is 0 Å². The molecule has 0 heterocycles. The zero-order chi connectivity index (χ0) is 32.6. The number of rotatable bonds is 9. The van der Waals surface area contributed by atoms with Crippen molar-refractivity contribution in [3.63, 3.8) is 0 Å². The average molecular weight is 634 g/mol. The fraction of sp³-hybridized carbons (Fsp3) is 0.293. The van der Waals surface area contributed by atoms with Gasteiger partial charge in [-0.25, -0.2) is 0 Å². The number of ether oxygens (including phenoxy) is 2. The Morgan fingerprint density at radius 3 is 1.24 bits per heavy atom. The van der Waals surface area contributed by atoms with Gasteiger partial charge in [-0.1, -0.05) is 83.8 Å². The molecule has 0 saturated heterocycles. The third-order valence-electron chi connectivity index (χ3n) is 8.69. The van der Waals surface area contributed by atoms with Crippen LogP contribution in [0.5, 0.6) is 11.5 Å². The van der Waals surface area contributed by atoms with Crippen LogP contribution in [-0.2, 0) is 0 Å². The van der Waals surface area contributed by atoms with Crippen LogP contribution in [0.1, 0.15) is 51.4 Å². The molecule has 0 spiro atoms. The van der Waals surface area contributed by atoms with E-state index < -0.39 is 15.8 Å². The summed E-state index contributed by atoms with van der Waals surface area (Å²) in [5.41, 5.74) is 10.3. The largest absolute Gasteiger partial charge is 0.496 e. The molecule has 4 heteroatoms. The molecule has 0 fully saturated rings. The summed E-state index contributed by atoms with van der Waals surface area (Å²) in [6.45, 7) is 20.0. The van der Waals surface area contributed by atoms with Gasteiger partial charge in [0.25, 0.3) is 0 Å². The number of hydrogen-bond donors (Lipinski definition) is 0. The number of allylic oxidation sites excluding steroid dienone is 4. The third kappa shape index (κ3) is 6.84. The highest BCUT2D eigenvalue weighted by Crippen LogP contribution is 2.57. The smallest absolute Gasteiger partial charge is 0.124 e. The Morgan fingerprint density at radius 2 is 0.889 bits per heavy atom. The maximum absolute atomic E-state index is 5.80. The number of benzene rings is 4. The van der Waals surface area contributed by atoms with Crippen LogP contribution in [0.15, 0.2) is 84.2 Å². The van der Waals surface area contributed by atoms with Crippen molar-refractivity contribution in [2.24, 2.45) is 0 Å². The number of hydrogen-bond acceptors (Lipinski definition) is 2. The fourth-order valence-corrected chi connectivity index (χ4v) is 13.2. The predicted molar refractivity (Wildman–Crippen MR) is 199 cm³/mol. The van der Waals surface area contributed by atoms with Crippen LogP contribution in [0.25, 0.3) is 0 Å². The molecule has 1 aliphatic carbocycles. The van der Waals surface area contributed by atoms with E-state index in [0.717, 1.165) is 11.5 Å². The van der Waals surface area contributed by atoms with E-state index in [4.69, 9.17) is 9.47 Å². The van der Waals surface area contributed by atoms with Crippen LogP contribution >= 0.6 is 15.8 Å². The van der Waals surface area contributed by atoms with Crippen LogP contribution < -0.4 is 30.7 Å². The van der Waals surface area contributed by atoms with E-state index in [1.807, 2.05) is 0 Å². The lowest BCUT2D eigenvalue weighted by atomic mass is 10.1. The van der Waals surface area contributed by atoms with E-state index in [-0.39, 0.29) is 0 Å². The van der Waals surface area contributed by atoms with Crippen LogP contribution in [0, 0.1) is 61.3 Å². The zero-order valence-electron chi connectivity index (χ0n) is 28.8. The first-order valence-electron chi connectivity index (χ1n) is 15.7. The normalized spacial score (nSPS) is 13.9. The van der Waals surface area contributed by atoms with Crippen molar-refractivity contribution in [1.29, 1.82) is 0 Å². The molecule has 4 aromatic rings. The molecule has 4 aromatic carbocycles. The highest BCUT2D eigenvalue weighted by atomic mass is 31.1. The summed E-state index contributed by atoms with van der Waals surface area (Å²) in [5, 5.41) is 7.04. The Labute approximate surface area is 274 Å². The Morgan fingerprint density at radius 1 is 0.511 bits per heavy atom. The highest BCUT2D eigenvalue weighted by molar-refractivity contribution is 7.77. The van der Waals surface area contributed by atoms with E-state index in [0.29, 0.717) is 5.66 Å². The van der Waals surface area contributed by atoms with Crippen LogP contribution in [0.4, 0.5) is 0 Å². The molecule has 1 unspecified atom stereocenters. The van der Waals surface area contributed by atoms with E-state index in [1.165, 1.54) is 77.0 Å². The molecule has 1 atom stereocenters. The van der Waals surface area contributed by atoms with Crippen LogP contribution in [0.2, 0.25) is 0 Å². The molecule has 0 amide bonds. The van der Waals surface area contributed by atoms with Gasteiger partial charge < -0.3 is 9.47 Å². The number of methoxy groups -OCH3 is 2. The Hall–Kier alpha value is -3.18. The lowest BCUT2D eigenvalue weighted by Crippen LogP contribution is -2.27. The van der Waals surface area contributed by atoms with Gasteiger partial charge in [-0.05, 0) is 150 Å². The highest BCUT2D eigenvalue weighted by Gasteiger charge is 2.36. The van der Waals surface area contributed by atoms with Crippen molar-refractivity contribution in [2.45, 2.75) is 68.0 Å². The summed E-state index contributed by atoms with van der Waals surface area (Å²) >= 11 is 0. The maximum Gasteiger partial charge on any atom is 0.124 e. The molecule has 5 rings (SSSR count). The molecule has 2 nitrogen and oxygen atoms in total. The monoisotopic (exact) mass is 633 g/mol. The van der Waals surface area contributed by atoms with E-state index in [1.54, 1.807) is 14.2 Å². The molecule has 233 valence electrons. The first-order chi connectivity index (χ1) is 21.4. The number of aryl methyl sites for hydroxylation is 8. The molecular formula is C41H47O2P2. The van der Waals surface area contributed by atoms with Gasteiger partial charge in [0, 0.05) is 5.92 Å². The van der Waals surface area contributed by atoms with E-state index in [2.05, 4.69) is 141 Å². The lowest BCUT2D eigenvalue weighted by molar-refractivity contribution is 0.408. The SMILES string of the molecule is COc1c(C)cc(P(C2=CC=C[C]2C(C)P(c2cc(C)cc(C)c2)c2cc(C)cc(C)c2)c2cc(C)c(OC)c(C)c2)cc1C. The first-order valence-corrected chi connectivity index (χ1v) is 18.5. The van der Waals surface area contributed by atoms with Gasteiger partial charge in [-0.2, -0.15) is 0 Å². The summed E-state index contributed by atoms with van der Waals surface area (Å²) in [4.78, 5) is 0. The van der Waals surface area contributed by atoms with Crippen molar-refractivity contribution < 1.29 is 9.47 Å². The lowest BCUT2D eigenvalue weighted by Gasteiger charge is -2.34. The Bertz CT molecular complexity index is 1600.